The number of para-hydroxylation sites is 1. The van der Waals surface area contributed by atoms with Crippen LogP contribution >= 0.6 is 0 Å². The van der Waals surface area contributed by atoms with E-state index >= 15 is 0 Å². The van der Waals surface area contributed by atoms with Crippen LogP contribution in [0.4, 0.5) is 0 Å². The predicted molar refractivity (Wildman–Crippen MR) is 92.5 cm³/mol. The number of nitrogens with one attached hydrogen (secondary N) is 2. The summed E-state index contributed by atoms with van der Waals surface area (Å²) in [5.74, 6) is 0.259. The molecule has 27 heavy (non-hydrogen) atoms. The van der Waals surface area contributed by atoms with Crippen molar-refractivity contribution in [3.05, 3.63) is 48.0 Å². The van der Waals surface area contributed by atoms with Crippen LogP contribution in [0.5, 0.6) is 17.2 Å². The van der Waals surface area contributed by atoms with Gasteiger partial charge in [0.15, 0.2) is 18.1 Å². The van der Waals surface area contributed by atoms with E-state index < -0.39 is 22.5 Å². The van der Waals surface area contributed by atoms with Crippen LogP contribution < -0.4 is 24.5 Å². The van der Waals surface area contributed by atoms with Crippen LogP contribution in [-0.2, 0) is 14.8 Å². The van der Waals surface area contributed by atoms with E-state index in [1.807, 2.05) is 10.9 Å². The van der Waals surface area contributed by atoms with Gasteiger partial charge in [-0.25, -0.2) is 8.42 Å². The largest absolute Gasteiger partial charge is 0.486 e. The fraction of sp³-hybridized carbons (Fsp3) is 0.176. The molecule has 9 nitrogen and oxygen atoms in total. The van der Waals surface area contributed by atoms with Crippen molar-refractivity contribution in [3.8, 4) is 23.3 Å². The first-order valence-corrected chi connectivity index (χ1v) is 9.30. The summed E-state index contributed by atoms with van der Waals surface area (Å²) in [6, 6.07) is 12.4. The highest BCUT2D eigenvalue weighted by Crippen LogP contribution is 2.32. The smallest absolute Gasteiger partial charge is 0.272 e. The van der Waals surface area contributed by atoms with Gasteiger partial charge >= 0.3 is 0 Å². The van der Waals surface area contributed by atoms with Gasteiger partial charge in [0.05, 0.1) is 10.5 Å². The molecule has 0 saturated heterocycles. The molecule has 0 fully saturated rings. The second-order valence-corrected chi connectivity index (χ2v) is 7.04. The Bertz CT molecular complexity index is 1000. The molecular formula is C17H15N3O6S. The summed E-state index contributed by atoms with van der Waals surface area (Å²) in [5.41, 5.74) is 2.32. The van der Waals surface area contributed by atoms with Crippen molar-refractivity contribution in [1.82, 2.24) is 10.3 Å². The van der Waals surface area contributed by atoms with Crippen molar-refractivity contribution in [2.45, 2.75) is 4.90 Å². The van der Waals surface area contributed by atoms with E-state index in [1.54, 1.807) is 12.1 Å². The van der Waals surface area contributed by atoms with Gasteiger partial charge in [0, 0.05) is 6.07 Å². The molecule has 2 N–H and O–H groups in total. The lowest BCUT2D eigenvalue weighted by Gasteiger charge is -2.19. The minimum atomic E-state index is -4.01. The van der Waals surface area contributed by atoms with Gasteiger partial charge < -0.3 is 14.2 Å². The number of benzene rings is 2. The molecule has 0 unspecified atom stereocenters. The first kappa shape index (κ1) is 18.5. The third-order valence-corrected chi connectivity index (χ3v) is 4.76. The molecule has 0 spiro atoms. The van der Waals surface area contributed by atoms with Gasteiger partial charge in [0.2, 0.25) is 0 Å². The number of nitrogens with zero attached hydrogens (tertiary/aromatic N) is 1. The second kappa shape index (κ2) is 7.94. The highest BCUT2D eigenvalue weighted by Gasteiger charge is 2.20. The first-order chi connectivity index (χ1) is 13.0. The Morgan fingerprint density at radius 3 is 2.67 bits per heavy atom. The van der Waals surface area contributed by atoms with Gasteiger partial charge in [-0.3, -0.25) is 10.2 Å². The van der Waals surface area contributed by atoms with Crippen molar-refractivity contribution >= 4 is 15.9 Å². The Hall–Kier alpha value is -3.29. The van der Waals surface area contributed by atoms with E-state index in [-0.39, 0.29) is 16.2 Å². The van der Waals surface area contributed by atoms with Crippen molar-refractivity contribution in [2.75, 3.05) is 19.8 Å². The van der Waals surface area contributed by atoms with E-state index in [4.69, 9.17) is 19.5 Å². The lowest BCUT2D eigenvalue weighted by atomic mass is 10.2. The van der Waals surface area contributed by atoms with E-state index in [1.165, 1.54) is 30.3 Å². The van der Waals surface area contributed by atoms with Gasteiger partial charge in [-0.15, -0.1) is 4.83 Å². The lowest BCUT2D eigenvalue weighted by molar-refractivity contribution is -0.123. The summed E-state index contributed by atoms with van der Waals surface area (Å²) in [6.45, 7) is 0.243. The van der Waals surface area contributed by atoms with Crippen molar-refractivity contribution < 1.29 is 27.4 Å². The number of sulfonamides is 1. The number of ether oxygens (including phenoxy) is 3. The van der Waals surface area contributed by atoms with Gasteiger partial charge in [-0.2, -0.15) is 5.26 Å². The van der Waals surface area contributed by atoms with Gasteiger partial charge in [-0.1, -0.05) is 12.1 Å². The summed E-state index contributed by atoms with van der Waals surface area (Å²) >= 11 is 0. The fourth-order valence-electron chi connectivity index (χ4n) is 2.24. The van der Waals surface area contributed by atoms with Crippen LogP contribution in [0.1, 0.15) is 5.56 Å². The SMILES string of the molecule is N#Cc1ccccc1OCC(=O)NNS(=O)(=O)c1ccc2c(c1)OCCO2. The molecular weight excluding hydrogens is 374 g/mol. The molecule has 1 aliphatic heterocycles. The van der Waals surface area contributed by atoms with Crippen LogP contribution in [-0.4, -0.2) is 34.1 Å². The number of amides is 1. The summed E-state index contributed by atoms with van der Waals surface area (Å²) in [4.78, 5) is 13.7. The molecule has 10 heteroatoms. The minimum Gasteiger partial charge on any atom is -0.486 e. The maximum atomic E-state index is 12.3. The first-order valence-electron chi connectivity index (χ1n) is 7.82. The average Bonchev–Trinajstić information content (AvgIpc) is 2.70. The molecule has 1 aliphatic rings. The number of hydrogen-bond acceptors (Lipinski definition) is 7. The fourth-order valence-corrected chi connectivity index (χ4v) is 3.11. The van der Waals surface area contributed by atoms with Gasteiger partial charge in [0.1, 0.15) is 25.0 Å². The van der Waals surface area contributed by atoms with E-state index in [2.05, 4.69) is 5.43 Å². The summed E-state index contributed by atoms with van der Waals surface area (Å²) in [7, 11) is -4.01. The summed E-state index contributed by atoms with van der Waals surface area (Å²) in [6.07, 6.45) is 0. The number of rotatable bonds is 6. The molecule has 3 rings (SSSR count). The summed E-state index contributed by atoms with van der Waals surface area (Å²) in [5, 5.41) is 8.96. The average molecular weight is 389 g/mol. The normalized spacial score (nSPS) is 12.7. The zero-order valence-electron chi connectivity index (χ0n) is 14.0. The van der Waals surface area contributed by atoms with E-state index in [0.29, 0.717) is 24.7 Å². The van der Waals surface area contributed by atoms with E-state index in [9.17, 15) is 13.2 Å². The third-order valence-electron chi connectivity index (χ3n) is 3.52. The quantitative estimate of drug-likeness (QED) is 0.697. The van der Waals surface area contributed by atoms with Crippen LogP contribution in [0.3, 0.4) is 0 Å². The number of hydrogen-bond donors (Lipinski definition) is 2. The Labute approximate surface area is 155 Å². The van der Waals surface area contributed by atoms with Crippen LogP contribution in [0, 0.1) is 11.3 Å². The lowest BCUT2D eigenvalue weighted by Crippen LogP contribution is -2.43. The van der Waals surface area contributed by atoms with Crippen molar-refractivity contribution in [1.29, 1.82) is 5.26 Å². The number of hydrazine groups is 1. The highest BCUT2D eigenvalue weighted by molar-refractivity contribution is 7.89. The zero-order chi connectivity index (χ0) is 19.3. The van der Waals surface area contributed by atoms with Gasteiger partial charge in [0.25, 0.3) is 15.9 Å². The standard InChI is InChI=1S/C17H15N3O6S/c18-10-12-3-1-2-4-14(12)26-11-17(21)19-20-27(22,23)13-5-6-15-16(9-13)25-8-7-24-15/h1-6,9,20H,7-8,11H2,(H,19,21). The number of fused-ring (bicyclic) bond motifs is 1. The Balaban J connectivity index is 1.58. The van der Waals surface area contributed by atoms with Crippen LogP contribution in [0.25, 0.3) is 0 Å². The third kappa shape index (κ3) is 4.46. The number of carbonyl (C=O) groups is 1. The summed E-state index contributed by atoms with van der Waals surface area (Å²) < 4.78 is 40.5. The second-order valence-electron chi connectivity index (χ2n) is 5.36. The van der Waals surface area contributed by atoms with Crippen LogP contribution in [0.15, 0.2) is 47.4 Å². The number of carbonyl (C=O) groups excluding carboxylic acids is 1. The highest BCUT2D eigenvalue weighted by atomic mass is 32.2. The molecule has 1 heterocycles. The molecule has 2 aromatic rings. The minimum absolute atomic E-state index is 0.0946. The Morgan fingerprint density at radius 2 is 1.89 bits per heavy atom. The number of nitriles is 1. The molecule has 0 bridgehead atoms. The molecule has 140 valence electrons. The maximum Gasteiger partial charge on any atom is 0.272 e. The van der Waals surface area contributed by atoms with Gasteiger partial charge in [-0.05, 0) is 24.3 Å². The Morgan fingerprint density at radius 1 is 1.15 bits per heavy atom. The molecule has 0 aliphatic carbocycles. The molecule has 0 atom stereocenters. The topological polar surface area (TPSA) is 127 Å². The maximum absolute atomic E-state index is 12.3. The zero-order valence-corrected chi connectivity index (χ0v) is 14.8. The van der Waals surface area contributed by atoms with Crippen molar-refractivity contribution in [2.24, 2.45) is 0 Å². The van der Waals surface area contributed by atoms with Crippen molar-refractivity contribution in [3.63, 3.8) is 0 Å². The van der Waals surface area contributed by atoms with Crippen LogP contribution in [0.2, 0.25) is 0 Å². The molecule has 2 aromatic carbocycles. The molecule has 0 radical (unpaired) electrons. The Kier molecular flexibility index (Phi) is 5.44. The van der Waals surface area contributed by atoms with E-state index in [0.717, 1.165) is 0 Å². The monoisotopic (exact) mass is 389 g/mol. The molecule has 0 saturated carbocycles. The molecule has 1 amide bonds. The predicted octanol–water partition coefficient (Wildman–Crippen LogP) is 0.718. The molecule has 0 aromatic heterocycles.